The number of hydrogen-bond donors (Lipinski definition) is 1. The number of aromatic nitrogens is 3. The molecule has 1 spiro atoms. The molecule has 3 aliphatic heterocycles. The molecule has 8 nitrogen and oxygen atoms in total. The zero-order chi connectivity index (χ0) is 24.1. The minimum absolute atomic E-state index is 0.0476. The molecule has 10 heteroatoms. The molecule has 0 bridgehead atoms. The van der Waals surface area contributed by atoms with Crippen LogP contribution >= 0.6 is 0 Å². The van der Waals surface area contributed by atoms with Crippen LogP contribution in [0, 0.1) is 5.92 Å². The summed E-state index contributed by atoms with van der Waals surface area (Å²) in [5.41, 5.74) is 0.271. The Bertz CT molecular complexity index is 1050. The summed E-state index contributed by atoms with van der Waals surface area (Å²) in [6.45, 7) is 5.71. The van der Waals surface area contributed by atoms with Gasteiger partial charge in [-0.15, -0.1) is 0 Å². The van der Waals surface area contributed by atoms with Gasteiger partial charge in [-0.2, -0.15) is 0 Å². The van der Waals surface area contributed by atoms with Crippen LogP contribution in [-0.2, 0) is 9.53 Å². The summed E-state index contributed by atoms with van der Waals surface area (Å²) >= 11 is 0. The first kappa shape index (κ1) is 23.6. The number of fused-ring (bicyclic) bond motifs is 1. The zero-order valence-corrected chi connectivity index (χ0v) is 20.1. The molecule has 5 rings (SSSR count). The molecule has 2 unspecified atom stereocenters. The van der Waals surface area contributed by atoms with Crippen molar-refractivity contribution in [1.29, 1.82) is 0 Å². The first-order chi connectivity index (χ1) is 16.2. The van der Waals surface area contributed by atoms with Crippen molar-refractivity contribution >= 4 is 22.8 Å². The zero-order valence-electron chi connectivity index (χ0n) is 20.1. The number of halogens is 2. The minimum atomic E-state index is -2.64. The van der Waals surface area contributed by atoms with Crippen molar-refractivity contribution in [2.45, 2.75) is 69.7 Å². The summed E-state index contributed by atoms with van der Waals surface area (Å²) < 4.78 is 37.3. The van der Waals surface area contributed by atoms with Gasteiger partial charge in [0.2, 0.25) is 5.91 Å². The fourth-order valence-corrected chi connectivity index (χ4v) is 5.72. The Morgan fingerprint density at radius 1 is 1.26 bits per heavy atom. The molecule has 1 N–H and O–H groups in total. The van der Waals surface area contributed by atoms with Crippen molar-refractivity contribution in [2.75, 3.05) is 38.5 Å². The van der Waals surface area contributed by atoms with Gasteiger partial charge >= 0.3 is 0 Å². The maximum Gasteiger partial charge on any atom is 0.262 e. The molecule has 0 aliphatic carbocycles. The number of rotatable bonds is 5. The van der Waals surface area contributed by atoms with E-state index in [4.69, 9.17) is 4.74 Å². The maximum atomic E-state index is 14.5. The van der Waals surface area contributed by atoms with Crippen molar-refractivity contribution in [3.8, 4) is 0 Å². The monoisotopic (exact) mass is 476 g/mol. The standard InChI is InChI=1S/C24H34F2N6O2/c1-16(2)22(33)29-20-18-6-9-32(21(18)28-15-27-20)19-5-4-17(34-19)12-31-14-24(25,26)13-23(31)7-10-30(3)11-8-23/h6,9,15-17,19H,4-5,7-8,10-14H2,1-3H3,(H,27,28,29,33). The third-order valence-electron chi connectivity index (χ3n) is 7.69. The molecule has 1 amide bonds. The van der Waals surface area contributed by atoms with Gasteiger partial charge in [0.15, 0.2) is 0 Å². The van der Waals surface area contributed by atoms with Gasteiger partial charge in [0.1, 0.15) is 24.0 Å². The number of nitrogens with one attached hydrogen (secondary N) is 1. The van der Waals surface area contributed by atoms with E-state index in [-0.39, 0.29) is 37.1 Å². The van der Waals surface area contributed by atoms with Gasteiger partial charge in [-0.3, -0.25) is 9.69 Å². The molecule has 2 aromatic heterocycles. The number of anilines is 1. The Morgan fingerprint density at radius 2 is 2.03 bits per heavy atom. The number of likely N-dealkylation sites (tertiary alicyclic amines) is 2. The van der Waals surface area contributed by atoms with E-state index in [1.54, 1.807) is 0 Å². The number of nitrogens with zero attached hydrogens (tertiary/aromatic N) is 5. The van der Waals surface area contributed by atoms with Crippen LogP contribution < -0.4 is 5.32 Å². The van der Waals surface area contributed by atoms with E-state index < -0.39 is 11.5 Å². The van der Waals surface area contributed by atoms with E-state index in [2.05, 4.69) is 27.2 Å². The highest BCUT2D eigenvalue weighted by Gasteiger charge is 2.55. The third kappa shape index (κ3) is 4.43. The van der Waals surface area contributed by atoms with Gasteiger partial charge < -0.3 is 19.5 Å². The molecule has 186 valence electrons. The Hall–Kier alpha value is -2.17. The van der Waals surface area contributed by atoms with E-state index in [1.807, 2.05) is 35.6 Å². The van der Waals surface area contributed by atoms with E-state index in [0.29, 0.717) is 18.0 Å². The molecule has 2 aromatic rings. The second-order valence-corrected chi connectivity index (χ2v) is 10.6. The molecule has 3 aliphatic rings. The summed E-state index contributed by atoms with van der Waals surface area (Å²) in [5, 5.41) is 3.62. The van der Waals surface area contributed by atoms with E-state index in [0.717, 1.165) is 44.2 Å². The van der Waals surface area contributed by atoms with Gasteiger partial charge in [0.05, 0.1) is 18.0 Å². The van der Waals surface area contributed by atoms with Gasteiger partial charge in [-0.05, 0) is 51.9 Å². The molecule has 0 radical (unpaired) electrons. The first-order valence-electron chi connectivity index (χ1n) is 12.3. The number of carbonyl (C=O) groups excluding carboxylic acids is 1. The molecule has 5 heterocycles. The molecular formula is C24H34F2N6O2. The quantitative estimate of drug-likeness (QED) is 0.712. The SMILES string of the molecule is CC(C)C(=O)Nc1ncnc2c1ccn2C1CCC(CN2CC(F)(F)CC23CCN(C)CC3)O1. The summed E-state index contributed by atoms with van der Waals surface area (Å²) in [6.07, 6.45) is 6.12. The highest BCUT2D eigenvalue weighted by molar-refractivity contribution is 5.99. The Morgan fingerprint density at radius 3 is 2.76 bits per heavy atom. The summed E-state index contributed by atoms with van der Waals surface area (Å²) in [4.78, 5) is 25.1. The van der Waals surface area contributed by atoms with Crippen LogP contribution in [0.2, 0.25) is 0 Å². The number of hydrogen-bond acceptors (Lipinski definition) is 6. The lowest BCUT2D eigenvalue weighted by molar-refractivity contribution is -0.118. The van der Waals surface area contributed by atoms with Crippen molar-refractivity contribution < 1.29 is 18.3 Å². The molecule has 0 saturated carbocycles. The normalized spacial score (nSPS) is 27.2. The highest BCUT2D eigenvalue weighted by Crippen LogP contribution is 2.46. The summed E-state index contributed by atoms with van der Waals surface area (Å²) in [5.74, 6) is -2.41. The van der Waals surface area contributed by atoms with E-state index in [9.17, 15) is 13.6 Å². The lowest BCUT2D eigenvalue weighted by atomic mass is 9.84. The predicted molar refractivity (Wildman–Crippen MR) is 125 cm³/mol. The minimum Gasteiger partial charge on any atom is -0.353 e. The fraction of sp³-hybridized carbons (Fsp3) is 0.708. The summed E-state index contributed by atoms with van der Waals surface area (Å²) in [7, 11) is 2.06. The lowest BCUT2D eigenvalue weighted by Gasteiger charge is -2.44. The van der Waals surface area contributed by atoms with Gasteiger partial charge in [0, 0.05) is 30.6 Å². The van der Waals surface area contributed by atoms with Crippen molar-refractivity contribution in [2.24, 2.45) is 5.92 Å². The first-order valence-corrected chi connectivity index (χ1v) is 12.3. The molecule has 2 atom stereocenters. The van der Waals surface area contributed by atoms with Crippen molar-refractivity contribution in [3.63, 3.8) is 0 Å². The largest absolute Gasteiger partial charge is 0.353 e. The maximum absolute atomic E-state index is 14.5. The average Bonchev–Trinajstić information content (AvgIpc) is 3.47. The van der Waals surface area contributed by atoms with Crippen LogP contribution in [0.25, 0.3) is 11.0 Å². The van der Waals surface area contributed by atoms with Gasteiger partial charge in [-0.1, -0.05) is 13.8 Å². The van der Waals surface area contributed by atoms with Crippen LogP contribution in [0.3, 0.4) is 0 Å². The third-order valence-corrected chi connectivity index (χ3v) is 7.69. The number of ether oxygens (including phenoxy) is 1. The van der Waals surface area contributed by atoms with Crippen LogP contribution in [0.5, 0.6) is 0 Å². The van der Waals surface area contributed by atoms with E-state index >= 15 is 0 Å². The molecule has 3 fully saturated rings. The van der Waals surface area contributed by atoms with Crippen LogP contribution in [0.1, 0.15) is 52.2 Å². The number of piperidine rings is 1. The smallest absolute Gasteiger partial charge is 0.262 e. The summed E-state index contributed by atoms with van der Waals surface area (Å²) in [6, 6.07) is 1.89. The average molecular weight is 477 g/mol. The Balaban J connectivity index is 1.29. The Kier molecular flexibility index (Phi) is 6.10. The molecular weight excluding hydrogens is 442 g/mol. The Labute approximate surface area is 198 Å². The van der Waals surface area contributed by atoms with Crippen LogP contribution in [-0.4, -0.2) is 81.0 Å². The predicted octanol–water partition coefficient (Wildman–Crippen LogP) is 3.51. The van der Waals surface area contributed by atoms with Crippen LogP contribution in [0.15, 0.2) is 18.6 Å². The topological polar surface area (TPSA) is 75.5 Å². The second-order valence-electron chi connectivity index (χ2n) is 10.6. The lowest BCUT2D eigenvalue weighted by Crippen LogP contribution is -2.53. The van der Waals surface area contributed by atoms with Crippen molar-refractivity contribution in [1.82, 2.24) is 24.3 Å². The number of alkyl halides is 2. The molecule has 3 saturated heterocycles. The molecule has 0 aromatic carbocycles. The molecule has 34 heavy (non-hydrogen) atoms. The number of amides is 1. The van der Waals surface area contributed by atoms with Crippen molar-refractivity contribution in [3.05, 3.63) is 18.6 Å². The van der Waals surface area contributed by atoms with Gasteiger partial charge in [0.25, 0.3) is 5.92 Å². The fourth-order valence-electron chi connectivity index (χ4n) is 5.72. The second kappa shape index (κ2) is 8.80. The van der Waals surface area contributed by atoms with Crippen LogP contribution in [0.4, 0.5) is 14.6 Å². The van der Waals surface area contributed by atoms with E-state index in [1.165, 1.54) is 6.33 Å². The number of carbonyl (C=O) groups is 1. The highest BCUT2D eigenvalue weighted by atomic mass is 19.3. The van der Waals surface area contributed by atoms with Gasteiger partial charge in [-0.25, -0.2) is 18.7 Å².